The largest absolute Gasteiger partial charge is 0.495 e. The maximum absolute atomic E-state index is 12.1. The smallest absolute Gasteiger partial charge is 0.272 e. The second kappa shape index (κ2) is 6.00. The number of ether oxygens (including phenoxy) is 1. The van der Waals surface area contributed by atoms with Crippen LogP contribution in [0.3, 0.4) is 0 Å². The average Bonchev–Trinajstić information content (AvgIpc) is 2.85. The number of aromatic amines is 1. The molecular formula is C14H16N4O3. The van der Waals surface area contributed by atoms with Crippen molar-refractivity contribution in [2.24, 2.45) is 0 Å². The van der Waals surface area contributed by atoms with Gasteiger partial charge in [-0.2, -0.15) is 0 Å². The SMILES string of the molecule is COc1ccc(NC(C)=O)cc1NC(=O)c1cc(N)c[nH]1. The van der Waals surface area contributed by atoms with Crippen LogP contribution in [0.15, 0.2) is 30.5 Å². The number of benzene rings is 1. The lowest BCUT2D eigenvalue weighted by atomic mass is 10.2. The number of amides is 2. The van der Waals surface area contributed by atoms with Crippen molar-refractivity contribution in [3.05, 3.63) is 36.2 Å². The molecule has 1 aromatic heterocycles. The summed E-state index contributed by atoms with van der Waals surface area (Å²) in [5.74, 6) is -0.0726. The van der Waals surface area contributed by atoms with E-state index in [1.54, 1.807) is 18.2 Å². The van der Waals surface area contributed by atoms with E-state index in [9.17, 15) is 9.59 Å². The van der Waals surface area contributed by atoms with Gasteiger partial charge in [-0.05, 0) is 24.3 Å². The Kier molecular flexibility index (Phi) is 4.13. The number of H-pyrrole nitrogens is 1. The first-order chi connectivity index (χ1) is 9.99. The third kappa shape index (κ3) is 3.53. The van der Waals surface area contributed by atoms with Crippen LogP contribution in [-0.4, -0.2) is 23.9 Å². The molecule has 7 heteroatoms. The Morgan fingerprint density at radius 3 is 2.57 bits per heavy atom. The molecule has 1 aromatic carbocycles. The molecule has 2 aromatic rings. The lowest BCUT2D eigenvalue weighted by Gasteiger charge is -2.12. The van der Waals surface area contributed by atoms with Gasteiger partial charge in [-0.3, -0.25) is 9.59 Å². The molecule has 7 nitrogen and oxygen atoms in total. The summed E-state index contributed by atoms with van der Waals surface area (Å²) in [7, 11) is 1.50. The number of hydrogen-bond acceptors (Lipinski definition) is 4. The Morgan fingerprint density at radius 1 is 1.24 bits per heavy atom. The summed E-state index contributed by atoms with van der Waals surface area (Å²) < 4.78 is 5.18. The fourth-order valence-electron chi connectivity index (χ4n) is 1.82. The second-order valence-corrected chi connectivity index (χ2v) is 4.40. The lowest BCUT2D eigenvalue weighted by molar-refractivity contribution is -0.114. The fourth-order valence-corrected chi connectivity index (χ4v) is 1.82. The summed E-state index contributed by atoms with van der Waals surface area (Å²) in [4.78, 5) is 25.9. The molecule has 0 radical (unpaired) electrons. The van der Waals surface area contributed by atoms with Crippen LogP contribution < -0.4 is 21.1 Å². The van der Waals surface area contributed by atoms with Crippen molar-refractivity contribution < 1.29 is 14.3 Å². The van der Waals surface area contributed by atoms with Gasteiger partial charge in [-0.15, -0.1) is 0 Å². The van der Waals surface area contributed by atoms with Gasteiger partial charge in [0, 0.05) is 24.5 Å². The summed E-state index contributed by atoms with van der Waals surface area (Å²) in [6, 6.07) is 6.48. The maximum atomic E-state index is 12.1. The van der Waals surface area contributed by atoms with Crippen LogP contribution in [0.25, 0.3) is 0 Å². The summed E-state index contributed by atoms with van der Waals surface area (Å²) >= 11 is 0. The van der Waals surface area contributed by atoms with Gasteiger partial charge in [0.2, 0.25) is 5.91 Å². The van der Waals surface area contributed by atoms with E-state index in [0.29, 0.717) is 28.5 Å². The molecule has 110 valence electrons. The Morgan fingerprint density at radius 2 is 2.00 bits per heavy atom. The zero-order valence-electron chi connectivity index (χ0n) is 11.7. The molecular weight excluding hydrogens is 272 g/mol. The second-order valence-electron chi connectivity index (χ2n) is 4.40. The van der Waals surface area contributed by atoms with Gasteiger partial charge < -0.3 is 26.1 Å². The predicted octanol–water partition coefficient (Wildman–Crippen LogP) is 1.82. The number of nitrogens with two attached hydrogens (primary N) is 1. The third-order valence-electron chi connectivity index (χ3n) is 2.72. The highest BCUT2D eigenvalue weighted by atomic mass is 16.5. The van der Waals surface area contributed by atoms with Crippen LogP contribution >= 0.6 is 0 Å². The highest BCUT2D eigenvalue weighted by Crippen LogP contribution is 2.28. The van der Waals surface area contributed by atoms with E-state index >= 15 is 0 Å². The van der Waals surface area contributed by atoms with Crippen LogP contribution in [-0.2, 0) is 4.79 Å². The predicted molar refractivity (Wildman–Crippen MR) is 80.5 cm³/mol. The molecule has 0 saturated heterocycles. The molecule has 0 spiro atoms. The number of methoxy groups -OCH3 is 1. The van der Waals surface area contributed by atoms with Crippen molar-refractivity contribution in [1.29, 1.82) is 0 Å². The van der Waals surface area contributed by atoms with Gasteiger partial charge in [0.05, 0.1) is 12.8 Å². The minimum Gasteiger partial charge on any atom is -0.495 e. The average molecular weight is 288 g/mol. The minimum absolute atomic E-state index is 0.199. The molecule has 0 aliphatic carbocycles. The molecule has 0 bridgehead atoms. The van der Waals surface area contributed by atoms with E-state index in [4.69, 9.17) is 10.5 Å². The van der Waals surface area contributed by atoms with Crippen molar-refractivity contribution in [2.75, 3.05) is 23.5 Å². The van der Waals surface area contributed by atoms with Gasteiger partial charge in [-0.1, -0.05) is 0 Å². The quantitative estimate of drug-likeness (QED) is 0.688. The molecule has 0 atom stereocenters. The fraction of sp³-hybridized carbons (Fsp3) is 0.143. The lowest BCUT2D eigenvalue weighted by Crippen LogP contribution is -2.13. The zero-order chi connectivity index (χ0) is 15.4. The van der Waals surface area contributed by atoms with Crippen molar-refractivity contribution in [2.45, 2.75) is 6.92 Å². The first kappa shape index (κ1) is 14.4. The third-order valence-corrected chi connectivity index (χ3v) is 2.72. The van der Waals surface area contributed by atoms with Crippen molar-refractivity contribution in [3.8, 4) is 5.75 Å². The van der Waals surface area contributed by atoms with E-state index in [1.165, 1.54) is 26.3 Å². The molecule has 21 heavy (non-hydrogen) atoms. The van der Waals surface area contributed by atoms with Gasteiger partial charge >= 0.3 is 0 Å². The van der Waals surface area contributed by atoms with Crippen LogP contribution in [0.5, 0.6) is 5.75 Å². The Balaban J connectivity index is 2.24. The minimum atomic E-state index is -0.357. The number of carbonyl (C=O) groups excluding carboxylic acids is 2. The van der Waals surface area contributed by atoms with Gasteiger partial charge in [0.1, 0.15) is 11.4 Å². The van der Waals surface area contributed by atoms with Gasteiger partial charge in [0.15, 0.2) is 0 Å². The van der Waals surface area contributed by atoms with Crippen molar-refractivity contribution in [3.63, 3.8) is 0 Å². The monoisotopic (exact) mass is 288 g/mol. The Hall–Kier alpha value is -2.96. The standard InChI is InChI=1S/C14H16N4O3/c1-8(19)17-10-3-4-13(21-2)11(6-10)18-14(20)12-5-9(15)7-16-12/h3-7,16H,15H2,1-2H3,(H,17,19)(H,18,20). The van der Waals surface area contributed by atoms with Crippen LogP contribution in [0.4, 0.5) is 17.1 Å². The topological polar surface area (TPSA) is 109 Å². The van der Waals surface area contributed by atoms with Gasteiger partial charge in [-0.25, -0.2) is 0 Å². The molecule has 1 heterocycles. The highest BCUT2D eigenvalue weighted by molar-refractivity contribution is 6.04. The first-order valence-corrected chi connectivity index (χ1v) is 6.20. The van der Waals surface area contributed by atoms with E-state index < -0.39 is 0 Å². The first-order valence-electron chi connectivity index (χ1n) is 6.20. The summed E-state index contributed by atoms with van der Waals surface area (Å²) in [6.45, 7) is 1.41. The summed E-state index contributed by atoms with van der Waals surface area (Å²) in [5.41, 5.74) is 7.37. The van der Waals surface area contributed by atoms with E-state index in [2.05, 4.69) is 15.6 Å². The molecule has 0 aliphatic rings. The van der Waals surface area contributed by atoms with Crippen LogP contribution in [0.2, 0.25) is 0 Å². The zero-order valence-corrected chi connectivity index (χ0v) is 11.7. The van der Waals surface area contributed by atoms with Crippen molar-refractivity contribution >= 4 is 28.9 Å². The van der Waals surface area contributed by atoms with Crippen LogP contribution in [0, 0.1) is 0 Å². The highest BCUT2D eigenvalue weighted by Gasteiger charge is 2.12. The summed E-state index contributed by atoms with van der Waals surface area (Å²) in [5, 5.41) is 5.34. The Bertz CT molecular complexity index is 679. The number of aromatic nitrogens is 1. The van der Waals surface area contributed by atoms with Gasteiger partial charge in [0.25, 0.3) is 5.91 Å². The molecule has 0 fully saturated rings. The van der Waals surface area contributed by atoms with E-state index in [0.717, 1.165) is 0 Å². The molecule has 0 saturated carbocycles. The number of rotatable bonds is 4. The number of nitrogen functional groups attached to an aromatic ring is 1. The normalized spacial score (nSPS) is 10.0. The number of hydrogen-bond donors (Lipinski definition) is 4. The van der Waals surface area contributed by atoms with E-state index in [1.807, 2.05) is 0 Å². The molecule has 5 N–H and O–H groups in total. The molecule has 0 unspecified atom stereocenters. The number of nitrogens with one attached hydrogen (secondary N) is 3. The Labute approximate surface area is 121 Å². The number of carbonyl (C=O) groups is 2. The van der Waals surface area contributed by atoms with E-state index in [-0.39, 0.29) is 11.8 Å². The maximum Gasteiger partial charge on any atom is 0.272 e. The number of anilines is 3. The molecule has 2 amide bonds. The molecule has 0 aliphatic heterocycles. The molecule has 2 rings (SSSR count). The summed E-state index contributed by atoms with van der Waals surface area (Å²) in [6.07, 6.45) is 1.53. The van der Waals surface area contributed by atoms with Crippen molar-refractivity contribution in [1.82, 2.24) is 4.98 Å². The van der Waals surface area contributed by atoms with Crippen LogP contribution in [0.1, 0.15) is 17.4 Å².